The first-order valence-corrected chi connectivity index (χ1v) is 13.2. The number of carbonyl (C=O) groups is 1. The Bertz CT molecular complexity index is 1090. The van der Waals surface area contributed by atoms with Crippen molar-refractivity contribution in [2.75, 3.05) is 64.6 Å². The molecule has 34 heavy (non-hydrogen) atoms. The van der Waals surface area contributed by atoms with Crippen LogP contribution in [0.4, 0.5) is 5.69 Å². The Hall–Kier alpha value is -2.46. The Balaban J connectivity index is 1.49. The van der Waals surface area contributed by atoms with Gasteiger partial charge in [0.25, 0.3) is 5.91 Å². The Morgan fingerprint density at radius 2 is 1.56 bits per heavy atom. The summed E-state index contributed by atoms with van der Waals surface area (Å²) in [5.74, 6) is -0.210. The van der Waals surface area contributed by atoms with Crippen LogP contribution >= 0.6 is 0 Å². The van der Waals surface area contributed by atoms with E-state index in [-0.39, 0.29) is 10.8 Å². The second kappa shape index (κ2) is 10.9. The van der Waals surface area contributed by atoms with Gasteiger partial charge in [0.15, 0.2) is 0 Å². The van der Waals surface area contributed by atoms with Crippen LogP contribution < -0.4 is 4.90 Å². The lowest BCUT2D eigenvalue weighted by Gasteiger charge is -2.29. The lowest BCUT2D eigenvalue weighted by Crippen LogP contribution is -2.41. The van der Waals surface area contributed by atoms with Crippen molar-refractivity contribution < 1.29 is 22.7 Å². The summed E-state index contributed by atoms with van der Waals surface area (Å²) < 4.78 is 38.8. The highest BCUT2D eigenvalue weighted by molar-refractivity contribution is 7.89. The third-order valence-corrected chi connectivity index (χ3v) is 8.34. The molecular formula is C25H33N3O5S. The van der Waals surface area contributed by atoms with Gasteiger partial charge in [0.05, 0.1) is 31.3 Å². The number of aryl methyl sites for hydroxylation is 1. The predicted molar refractivity (Wildman–Crippen MR) is 131 cm³/mol. The Kier molecular flexibility index (Phi) is 7.88. The van der Waals surface area contributed by atoms with Crippen LogP contribution in [-0.4, -0.2) is 83.2 Å². The van der Waals surface area contributed by atoms with Crippen molar-refractivity contribution in [3.63, 3.8) is 0 Å². The summed E-state index contributed by atoms with van der Waals surface area (Å²) in [6, 6.07) is 13.2. The molecule has 184 valence electrons. The maximum Gasteiger partial charge on any atom is 0.253 e. The molecule has 4 rings (SSSR count). The largest absolute Gasteiger partial charge is 0.379 e. The van der Waals surface area contributed by atoms with E-state index in [0.29, 0.717) is 50.4 Å². The number of anilines is 1. The molecule has 0 bridgehead atoms. The van der Waals surface area contributed by atoms with Gasteiger partial charge in [-0.25, -0.2) is 8.42 Å². The highest BCUT2D eigenvalue weighted by Gasteiger charge is 2.29. The lowest BCUT2D eigenvalue weighted by atomic mass is 10.1. The highest BCUT2D eigenvalue weighted by Crippen LogP contribution is 2.24. The Morgan fingerprint density at radius 1 is 0.941 bits per heavy atom. The first-order chi connectivity index (χ1) is 16.4. The van der Waals surface area contributed by atoms with Gasteiger partial charge in [0, 0.05) is 51.0 Å². The van der Waals surface area contributed by atoms with Crippen molar-refractivity contribution in [3.8, 4) is 0 Å². The fourth-order valence-corrected chi connectivity index (χ4v) is 6.07. The standard InChI is InChI=1S/C25H33N3O5S/c1-3-21-6-7-22(18-24(21)34(30,31)28-12-16-33-17-13-28)25(29)26(2)19-20-4-8-23(9-5-20)27-10-14-32-15-11-27/h4-9,18H,3,10-17,19H2,1-2H3. The van der Waals surface area contributed by atoms with Gasteiger partial charge in [-0.05, 0) is 41.8 Å². The minimum atomic E-state index is -3.69. The zero-order valence-electron chi connectivity index (χ0n) is 19.9. The van der Waals surface area contributed by atoms with E-state index in [0.717, 1.165) is 37.6 Å². The predicted octanol–water partition coefficient (Wildman–Crippen LogP) is 2.38. The fraction of sp³-hybridized carbons (Fsp3) is 0.480. The number of hydrogen-bond donors (Lipinski definition) is 0. The summed E-state index contributed by atoms with van der Waals surface area (Å²) >= 11 is 0. The van der Waals surface area contributed by atoms with Crippen molar-refractivity contribution in [2.24, 2.45) is 0 Å². The molecule has 0 radical (unpaired) electrons. The third kappa shape index (κ3) is 5.43. The van der Waals surface area contributed by atoms with E-state index in [2.05, 4.69) is 17.0 Å². The normalized spacial score (nSPS) is 17.5. The van der Waals surface area contributed by atoms with Crippen LogP contribution in [0.3, 0.4) is 0 Å². The molecule has 0 aliphatic carbocycles. The summed E-state index contributed by atoms with van der Waals surface area (Å²) in [5, 5.41) is 0. The van der Waals surface area contributed by atoms with E-state index in [9.17, 15) is 13.2 Å². The van der Waals surface area contributed by atoms with Gasteiger partial charge in [0.2, 0.25) is 10.0 Å². The minimum absolute atomic E-state index is 0.210. The van der Waals surface area contributed by atoms with Gasteiger partial charge in [-0.3, -0.25) is 4.79 Å². The SMILES string of the molecule is CCc1ccc(C(=O)N(C)Cc2ccc(N3CCOCC3)cc2)cc1S(=O)(=O)N1CCOCC1. The number of amides is 1. The average Bonchev–Trinajstić information content (AvgIpc) is 2.89. The van der Waals surface area contributed by atoms with E-state index < -0.39 is 10.0 Å². The zero-order chi connectivity index (χ0) is 24.1. The van der Waals surface area contributed by atoms with Gasteiger partial charge in [-0.2, -0.15) is 4.31 Å². The molecule has 0 saturated carbocycles. The van der Waals surface area contributed by atoms with E-state index in [1.807, 2.05) is 19.1 Å². The number of sulfonamides is 1. The molecule has 2 aliphatic heterocycles. The molecule has 9 heteroatoms. The van der Waals surface area contributed by atoms with Gasteiger partial charge < -0.3 is 19.3 Å². The number of morpholine rings is 2. The monoisotopic (exact) mass is 487 g/mol. The molecule has 2 fully saturated rings. The molecule has 0 aromatic heterocycles. The fourth-order valence-electron chi connectivity index (χ4n) is 4.35. The Labute approximate surface area is 202 Å². The maximum atomic E-state index is 13.3. The molecule has 8 nitrogen and oxygen atoms in total. The third-order valence-electron chi connectivity index (χ3n) is 6.36. The van der Waals surface area contributed by atoms with Crippen molar-refractivity contribution >= 4 is 21.6 Å². The number of carbonyl (C=O) groups excluding carboxylic acids is 1. The lowest BCUT2D eigenvalue weighted by molar-refractivity contribution is 0.0729. The van der Waals surface area contributed by atoms with Gasteiger partial charge in [-0.1, -0.05) is 25.1 Å². The maximum absolute atomic E-state index is 13.3. The molecule has 0 N–H and O–H groups in total. The molecule has 0 spiro atoms. The molecule has 1 amide bonds. The minimum Gasteiger partial charge on any atom is -0.379 e. The molecule has 2 aromatic carbocycles. The van der Waals surface area contributed by atoms with E-state index in [1.165, 1.54) is 10.4 Å². The van der Waals surface area contributed by atoms with Crippen molar-refractivity contribution in [1.82, 2.24) is 9.21 Å². The van der Waals surface area contributed by atoms with Crippen molar-refractivity contribution in [1.29, 1.82) is 0 Å². The first-order valence-electron chi connectivity index (χ1n) is 11.8. The summed E-state index contributed by atoms with van der Waals surface area (Å²) in [5.41, 5.74) is 3.24. The molecule has 0 unspecified atom stereocenters. The molecule has 0 atom stereocenters. The van der Waals surface area contributed by atoms with Crippen molar-refractivity contribution in [3.05, 3.63) is 59.2 Å². The average molecular weight is 488 g/mol. The highest BCUT2D eigenvalue weighted by atomic mass is 32.2. The molecule has 2 saturated heterocycles. The van der Waals surface area contributed by atoms with Crippen LogP contribution in [0.1, 0.15) is 28.4 Å². The van der Waals surface area contributed by atoms with Gasteiger partial charge in [-0.15, -0.1) is 0 Å². The Morgan fingerprint density at radius 3 is 2.18 bits per heavy atom. The van der Waals surface area contributed by atoms with E-state index >= 15 is 0 Å². The number of benzene rings is 2. The second-order valence-corrected chi connectivity index (χ2v) is 10.5. The number of nitrogens with zero attached hydrogens (tertiary/aromatic N) is 3. The van der Waals surface area contributed by atoms with E-state index in [4.69, 9.17) is 9.47 Å². The molecule has 2 aromatic rings. The summed E-state index contributed by atoms with van der Waals surface area (Å²) in [4.78, 5) is 17.3. The second-order valence-electron chi connectivity index (χ2n) is 8.62. The molecule has 2 heterocycles. The molecular weight excluding hydrogens is 454 g/mol. The topological polar surface area (TPSA) is 79.4 Å². The van der Waals surface area contributed by atoms with Crippen LogP contribution in [0.25, 0.3) is 0 Å². The van der Waals surface area contributed by atoms with Crippen molar-refractivity contribution in [2.45, 2.75) is 24.8 Å². The van der Waals surface area contributed by atoms with Crippen LogP contribution in [0.15, 0.2) is 47.4 Å². The number of rotatable bonds is 7. The van der Waals surface area contributed by atoms with Crippen LogP contribution in [-0.2, 0) is 32.5 Å². The van der Waals surface area contributed by atoms with Crippen LogP contribution in [0.5, 0.6) is 0 Å². The molecule has 2 aliphatic rings. The first kappa shape index (κ1) is 24.7. The zero-order valence-corrected chi connectivity index (χ0v) is 20.7. The number of hydrogen-bond acceptors (Lipinski definition) is 6. The van der Waals surface area contributed by atoms with Gasteiger partial charge >= 0.3 is 0 Å². The van der Waals surface area contributed by atoms with E-state index in [1.54, 1.807) is 24.1 Å². The smallest absolute Gasteiger partial charge is 0.253 e. The number of ether oxygens (including phenoxy) is 2. The summed E-state index contributed by atoms with van der Waals surface area (Å²) in [6.45, 7) is 6.98. The van der Waals surface area contributed by atoms with Crippen LogP contribution in [0.2, 0.25) is 0 Å². The van der Waals surface area contributed by atoms with Gasteiger partial charge in [0.1, 0.15) is 0 Å². The summed E-state index contributed by atoms with van der Waals surface area (Å²) in [7, 11) is -1.95. The van der Waals surface area contributed by atoms with Crippen LogP contribution in [0, 0.1) is 0 Å². The quantitative estimate of drug-likeness (QED) is 0.597. The summed E-state index contributed by atoms with van der Waals surface area (Å²) in [6.07, 6.45) is 0.568.